The second-order valence-corrected chi connectivity index (χ2v) is 9.82. The lowest BCUT2D eigenvalue weighted by atomic mass is 10.0. The first-order valence-corrected chi connectivity index (χ1v) is 11.9. The smallest absolute Gasteiger partial charge is 0.254 e. The summed E-state index contributed by atoms with van der Waals surface area (Å²) in [5.41, 5.74) is 2.18. The second kappa shape index (κ2) is 8.06. The number of fused-ring (bicyclic) bond motifs is 1. The molecule has 6 nitrogen and oxygen atoms in total. The standard InChI is InChI=1S/C22H25NO5S/c1-29(25,26)15-16-5-2-6-18(13-16)22(24)23-10-3-7-19(23)17-8-9-20-21(14-17)28-12-4-11-27-20/h2,5-6,8-9,13-14,19H,3-4,7,10-12,15H2,1H3/t19-/m0/s1. The first-order chi connectivity index (χ1) is 13.9. The molecule has 0 radical (unpaired) electrons. The van der Waals surface area contributed by atoms with Crippen molar-refractivity contribution in [1.82, 2.24) is 4.90 Å². The lowest BCUT2D eigenvalue weighted by Gasteiger charge is -2.26. The third-order valence-electron chi connectivity index (χ3n) is 5.27. The molecule has 0 bridgehead atoms. The summed E-state index contributed by atoms with van der Waals surface area (Å²) in [6, 6.07) is 12.8. The Morgan fingerprint density at radius 1 is 1.07 bits per heavy atom. The van der Waals surface area contributed by atoms with Crippen molar-refractivity contribution < 1.29 is 22.7 Å². The average Bonchev–Trinajstić information content (AvgIpc) is 3.05. The number of likely N-dealkylation sites (tertiary alicyclic amines) is 1. The molecule has 2 aliphatic heterocycles. The number of carbonyl (C=O) groups is 1. The molecule has 4 rings (SSSR count). The maximum Gasteiger partial charge on any atom is 0.254 e. The van der Waals surface area contributed by atoms with Crippen molar-refractivity contribution in [2.24, 2.45) is 0 Å². The Bertz CT molecular complexity index is 1020. The molecule has 1 atom stereocenters. The van der Waals surface area contributed by atoms with Gasteiger partial charge >= 0.3 is 0 Å². The summed E-state index contributed by atoms with van der Waals surface area (Å²) < 4.78 is 34.7. The molecule has 2 aliphatic rings. The maximum atomic E-state index is 13.2. The zero-order chi connectivity index (χ0) is 20.4. The van der Waals surface area contributed by atoms with E-state index in [0.29, 0.717) is 30.9 Å². The highest BCUT2D eigenvalue weighted by atomic mass is 32.2. The van der Waals surface area contributed by atoms with Crippen LogP contribution >= 0.6 is 0 Å². The van der Waals surface area contributed by atoms with Gasteiger partial charge in [-0.2, -0.15) is 0 Å². The molecular formula is C22H25NO5S. The fourth-order valence-corrected chi connectivity index (χ4v) is 4.79. The van der Waals surface area contributed by atoms with E-state index in [2.05, 4.69) is 0 Å². The number of hydrogen-bond acceptors (Lipinski definition) is 5. The van der Waals surface area contributed by atoms with Crippen molar-refractivity contribution in [3.63, 3.8) is 0 Å². The molecule has 7 heteroatoms. The number of sulfone groups is 1. The number of carbonyl (C=O) groups excluding carboxylic acids is 1. The van der Waals surface area contributed by atoms with Gasteiger partial charge in [0.25, 0.3) is 5.91 Å². The van der Waals surface area contributed by atoms with Gasteiger partial charge in [-0.1, -0.05) is 18.2 Å². The van der Waals surface area contributed by atoms with Gasteiger partial charge in [0.1, 0.15) is 0 Å². The summed E-state index contributed by atoms with van der Waals surface area (Å²) in [5, 5.41) is 0. The van der Waals surface area contributed by atoms with Crippen molar-refractivity contribution in [2.45, 2.75) is 31.1 Å². The van der Waals surface area contributed by atoms with E-state index in [9.17, 15) is 13.2 Å². The van der Waals surface area contributed by atoms with Crippen LogP contribution in [0.4, 0.5) is 0 Å². The summed E-state index contributed by atoms with van der Waals surface area (Å²) in [4.78, 5) is 15.1. The van der Waals surface area contributed by atoms with E-state index in [4.69, 9.17) is 9.47 Å². The molecule has 2 aromatic rings. The minimum absolute atomic E-state index is 0.0294. The summed E-state index contributed by atoms with van der Waals surface area (Å²) in [7, 11) is -3.15. The SMILES string of the molecule is CS(=O)(=O)Cc1cccc(C(=O)N2CCC[C@H]2c2ccc3c(c2)OCCCO3)c1. The van der Waals surface area contributed by atoms with Crippen LogP contribution in [0.2, 0.25) is 0 Å². The lowest BCUT2D eigenvalue weighted by molar-refractivity contribution is 0.0735. The fraction of sp³-hybridized carbons (Fsp3) is 0.409. The highest BCUT2D eigenvalue weighted by Crippen LogP contribution is 2.38. The molecule has 29 heavy (non-hydrogen) atoms. The van der Waals surface area contributed by atoms with E-state index in [-0.39, 0.29) is 17.7 Å². The Balaban J connectivity index is 1.58. The third-order valence-corrected chi connectivity index (χ3v) is 6.13. The zero-order valence-electron chi connectivity index (χ0n) is 16.5. The zero-order valence-corrected chi connectivity index (χ0v) is 17.3. The van der Waals surface area contributed by atoms with Gasteiger partial charge in [0.2, 0.25) is 0 Å². The van der Waals surface area contributed by atoms with Crippen LogP contribution in [0.3, 0.4) is 0 Å². The van der Waals surface area contributed by atoms with Crippen LogP contribution in [0.15, 0.2) is 42.5 Å². The van der Waals surface area contributed by atoms with Gasteiger partial charge < -0.3 is 14.4 Å². The summed E-state index contributed by atoms with van der Waals surface area (Å²) >= 11 is 0. The van der Waals surface area contributed by atoms with Crippen molar-refractivity contribution >= 4 is 15.7 Å². The number of hydrogen-bond donors (Lipinski definition) is 0. The van der Waals surface area contributed by atoms with Gasteiger partial charge in [-0.15, -0.1) is 0 Å². The quantitative estimate of drug-likeness (QED) is 0.766. The lowest BCUT2D eigenvalue weighted by Crippen LogP contribution is -2.30. The molecule has 0 saturated carbocycles. The number of benzene rings is 2. The topological polar surface area (TPSA) is 72.9 Å². The van der Waals surface area contributed by atoms with Crippen LogP contribution in [-0.4, -0.2) is 45.2 Å². The number of nitrogens with zero attached hydrogens (tertiary/aromatic N) is 1. The minimum Gasteiger partial charge on any atom is -0.490 e. The number of rotatable bonds is 4. The summed E-state index contributed by atoms with van der Waals surface area (Å²) in [6.45, 7) is 1.94. The average molecular weight is 416 g/mol. The van der Waals surface area contributed by atoms with E-state index in [0.717, 1.165) is 36.3 Å². The number of ether oxygens (including phenoxy) is 2. The first-order valence-electron chi connectivity index (χ1n) is 9.88. The van der Waals surface area contributed by atoms with Crippen LogP contribution < -0.4 is 9.47 Å². The predicted molar refractivity (Wildman–Crippen MR) is 110 cm³/mol. The van der Waals surface area contributed by atoms with E-state index >= 15 is 0 Å². The van der Waals surface area contributed by atoms with Crippen molar-refractivity contribution in [3.8, 4) is 11.5 Å². The molecule has 0 N–H and O–H groups in total. The minimum atomic E-state index is -3.15. The Hall–Kier alpha value is -2.54. The third kappa shape index (κ3) is 4.56. The van der Waals surface area contributed by atoms with Crippen LogP contribution in [0.25, 0.3) is 0 Å². The molecule has 2 aromatic carbocycles. The largest absolute Gasteiger partial charge is 0.490 e. The molecule has 154 valence electrons. The molecule has 1 fully saturated rings. The van der Waals surface area contributed by atoms with E-state index in [1.165, 1.54) is 6.26 Å². The van der Waals surface area contributed by atoms with Gasteiger partial charge in [0.15, 0.2) is 21.3 Å². The Morgan fingerprint density at radius 2 is 1.86 bits per heavy atom. The molecule has 0 spiro atoms. The van der Waals surface area contributed by atoms with E-state index < -0.39 is 9.84 Å². The molecular weight excluding hydrogens is 390 g/mol. The van der Waals surface area contributed by atoms with Gasteiger partial charge in [0.05, 0.1) is 25.0 Å². The van der Waals surface area contributed by atoms with E-state index in [1.807, 2.05) is 23.1 Å². The molecule has 1 amide bonds. The van der Waals surface area contributed by atoms with Gasteiger partial charge in [-0.3, -0.25) is 4.79 Å². The van der Waals surface area contributed by atoms with Crippen LogP contribution in [0, 0.1) is 0 Å². The van der Waals surface area contributed by atoms with E-state index in [1.54, 1.807) is 24.3 Å². The molecule has 0 unspecified atom stereocenters. The molecule has 1 saturated heterocycles. The fourth-order valence-electron chi connectivity index (χ4n) is 4.01. The van der Waals surface area contributed by atoms with Crippen molar-refractivity contribution in [2.75, 3.05) is 26.0 Å². The monoisotopic (exact) mass is 415 g/mol. The van der Waals surface area contributed by atoms with Crippen LogP contribution in [-0.2, 0) is 15.6 Å². The summed E-state index contributed by atoms with van der Waals surface area (Å²) in [6.07, 6.45) is 3.85. The summed E-state index contributed by atoms with van der Waals surface area (Å²) in [5.74, 6) is 1.33. The van der Waals surface area contributed by atoms with Crippen LogP contribution in [0.5, 0.6) is 11.5 Å². The Kier molecular flexibility index (Phi) is 5.50. The van der Waals surface area contributed by atoms with Crippen LogP contribution in [0.1, 0.15) is 46.8 Å². The maximum absolute atomic E-state index is 13.2. The Labute approximate surface area is 171 Å². The first kappa shape index (κ1) is 19.8. The predicted octanol–water partition coefficient (Wildman–Crippen LogP) is 3.37. The highest BCUT2D eigenvalue weighted by Gasteiger charge is 2.31. The Morgan fingerprint density at radius 3 is 2.66 bits per heavy atom. The van der Waals surface area contributed by atoms with Gasteiger partial charge in [0, 0.05) is 24.8 Å². The molecule has 2 heterocycles. The van der Waals surface area contributed by atoms with Gasteiger partial charge in [-0.25, -0.2) is 8.42 Å². The van der Waals surface area contributed by atoms with Crippen molar-refractivity contribution in [1.29, 1.82) is 0 Å². The number of amides is 1. The second-order valence-electron chi connectivity index (χ2n) is 7.68. The van der Waals surface area contributed by atoms with Gasteiger partial charge in [-0.05, 0) is 48.2 Å². The normalized spacial score (nSPS) is 19.1. The van der Waals surface area contributed by atoms with Crippen molar-refractivity contribution in [3.05, 3.63) is 59.2 Å². The molecule has 0 aliphatic carbocycles. The molecule has 0 aromatic heterocycles. The highest BCUT2D eigenvalue weighted by molar-refractivity contribution is 7.89.